The van der Waals surface area contributed by atoms with Crippen LogP contribution in [-0.2, 0) is 14.3 Å². The first-order valence-electron chi connectivity index (χ1n) is 5.11. The number of amides is 2. The number of esters is 1. The third-order valence-electron chi connectivity index (χ3n) is 2.21. The van der Waals surface area contributed by atoms with E-state index in [1.165, 1.54) is 32.9 Å². The number of ether oxygens (including phenoxy) is 1. The van der Waals surface area contributed by atoms with E-state index in [9.17, 15) is 14.4 Å². The van der Waals surface area contributed by atoms with Crippen molar-refractivity contribution >= 4 is 18.0 Å². The van der Waals surface area contributed by atoms with Crippen molar-refractivity contribution in [3.05, 3.63) is 0 Å². The highest BCUT2D eigenvalue weighted by molar-refractivity contribution is 5.83. The Morgan fingerprint density at radius 1 is 1.35 bits per heavy atom. The molecule has 2 N–H and O–H groups in total. The Hall–Kier alpha value is -1.79. The summed E-state index contributed by atoms with van der Waals surface area (Å²) in [6.07, 6.45) is 0. The van der Waals surface area contributed by atoms with Gasteiger partial charge in [0.25, 0.3) is 0 Å². The molecule has 0 heterocycles. The molecular weight excluding hydrogens is 228 g/mol. The molecule has 0 saturated carbocycles. The molecule has 7 heteroatoms. The van der Waals surface area contributed by atoms with Crippen molar-refractivity contribution in [2.24, 2.45) is 5.92 Å². The van der Waals surface area contributed by atoms with Gasteiger partial charge in [-0.15, -0.1) is 0 Å². The van der Waals surface area contributed by atoms with Gasteiger partial charge in [0.15, 0.2) is 0 Å². The standard InChI is InChI=1S/C10H18N2O5/c1-6(8(13)14)5-12(3)10(16)11-7(2)9(15)17-4/h6-7H,5H2,1-4H3,(H,11,16)(H,13,14). The van der Waals surface area contributed by atoms with Crippen LogP contribution in [0.15, 0.2) is 0 Å². The van der Waals surface area contributed by atoms with Gasteiger partial charge in [0.1, 0.15) is 6.04 Å². The number of carbonyl (C=O) groups excluding carboxylic acids is 2. The van der Waals surface area contributed by atoms with Crippen molar-refractivity contribution in [1.29, 1.82) is 0 Å². The highest BCUT2D eigenvalue weighted by Crippen LogP contribution is 1.99. The van der Waals surface area contributed by atoms with Gasteiger partial charge in [-0.05, 0) is 6.92 Å². The van der Waals surface area contributed by atoms with Crippen LogP contribution in [0.2, 0.25) is 0 Å². The minimum Gasteiger partial charge on any atom is -0.481 e. The number of aliphatic carboxylic acids is 1. The fraction of sp³-hybridized carbons (Fsp3) is 0.700. The Bertz CT molecular complexity index is 305. The number of methoxy groups -OCH3 is 1. The zero-order chi connectivity index (χ0) is 13.6. The maximum atomic E-state index is 11.5. The van der Waals surface area contributed by atoms with E-state index in [-0.39, 0.29) is 6.54 Å². The molecule has 7 nitrogen and oxygen atoms in total. The predicted molar refractivity (Wildman–Crippen MR) is 59.4 cm³/mol. The van der Waals surface area contributed by atoms with Crippen LogP contribution < -0.4 is 5.32 Å². The molecular formula is C10H18N2O5. The molecule has 17 heavy (non-hydrogen) atoms. The van der Waals surface area contributed by atoms with Gasteiger partial charge in [0.05, 0.1) is 13.0 Å². The number of nitrogens with one attached hydrogen (secondary N) is 1. The fourth-order valence-electron chi connectivity index (χ4n) is 1.10. The molecule has 0 aromatic carbocycles. The fourth-order valence-corrected chi connectivity index (χ4v) is 1.10. The summed E-state index contributed by atoms with van der Waals surface area (Å²) in [6.45, 7) is 3.04. The summed E-state index contributed by atoms with van der Waals surface area (Å²) in [5.41, 5.74) is 0. The van der Waals surface area contributed by atoms with Crippen LogP contribution in [0.5, 0.6) is 0 Å². The summed E-state index contributed by atoms with van der Waals surface area (Å²) in [5.74, 6) is -2.21. The lowest BCUT2D eigenvalue weighted by molar-refractivity contribution is -0.143. The molecule has 0 aliphatic heterocycles. The quantitative estimate of drug-likeness (QED) is 0.661. The average Bonchev–Trinajstić information content (AvgIpc) is 2.27. The molecule has 0 radical (unpaired) electrons. The second-order valence-electron chi connectivity index (χ2n) is 3.81. The average molecular weight is 246 g/mol. The molecule has 0 rings (SSSR count). The number of carboxylic acid groups (broad SMARTS) is 1. The summed E-state index contributed by atoms with van der Waals surface area (Å²) in [7, 11) is 2.68. The molecule has 0 aromatic heterocycles. The smallest absolute Gasteiger partial charge is 0.328 e. The second kappa shape index (κ2) is 6.72. The number of carboxylic acids is 1. The van der Waals surface area contributed by atoms with Crippen LogP contribution in [0.3, 0.4) is 0 Å². The van der Waals surface area contributed by atoms with E-state index in [0.29, 0.717) is 0 Å². The third kappa shape index (κ3) is 5.19. The highest BCUT2D eigenvalue weighted by atomic mass is 16.5. The summed E-state index contributed by atoms with van der Waals surface area (Å²) in [4.78, 5) is 34.4. The van der Waals surface area contributed by atoms with Gasteiger partial charge in [-0.3, -0.25) is 4.79 Å². The number of hydrogen-bond acceptors (Lipinski definition) is 4. The Balaban J connectivity index is 4.23. The molecule has 2 unspecified atom stereocenters. The van der Waals surface area contributed by atoms with E-state index in [0.717, 1.165) is 0 Å². The van der Waals surface area contributed by atoms with Crippen LogP contribution in [0.1, 0.15) is 13.8 Å². The van der Waals surface area contributed by atoms with Gasteiger partial charge >= 0.3 is 18.0 Å². The van der Waals surface area contributed by atoms with E-state index in [1.54, 1.807) is 0 Å². The molecule has 98 valence electrons. The maximum Gasteiger partial charge on any atom is 0.328 e. The highest BCUT2D eigenvalue weighted by Gasteiger charge is 2.21. The number of nitrogens with zero attached hydrogens (tertiary/aromatic N) is 1. The van der Waals surface area contributed by atoms with Gasteiger partial charge in [-0.25, -0.2) is 9.59 Å². The van der Waals surface area contributed by atoms with Crippen LogP contribution in [0.25, 0.3) is 0 Å². The van der Waals surface area contributed by atoms with Crippen molar-refractivity contribution in [2.75, 3.05) is 20.7 Å². The molecule has 0 bridgehead atoms. The Kier molecular flexibility index (Phi) is 6.01. The predicted octanol–water partition coefficient (Wildman–Crippen LogP) is -0.0900. The minimum atomic E-state index is -0.981. The first-order chi connectivity index (χ1) is 7.79. The van der Waals surface area contributed by atoms with E-state index in [4.69, 9.17) is 5.11 Å². The summed E-state index contributed by atoms with van der Waals surface area (Å²) in [5, 5.41) is 11.1. The van der Waals surface area contributed by atoms with Crippen molar-refractivity contribution in [1.82, 2.24) is 10.2 Å². The molecule has 0 spiro atoms. The molecule has 2 amide bonds. The molecule has 0 aliphatic rings. The molecule has 2 atom stereocenters. The van der Waals surface area contributed by atoms with E-state index >= 15 is 0 Å². The number of rotatable bonds is 5. The lowest BCUT2D eigenvalue weighted by Gasteiger charge is -2.21. The van der Waals surface area contributed by atoms with E-state index < -0.39 is 29.9 Å². The first-order valence-corrected chi connectivity index (χ1v) is 5.11. The lowest BCUT2D eigenvalue weighted by atomic mass is 10.2. The van der Waals surface area contributed by atoms with E-state index in [1.807, 2.05) is 0 Å². The second-order valence-corrected chi connectivity index (χ2v) is 3.81. The van der Waals surface area contributed by atoms with Gasteiger partial charge in [-0.1, -0.05) is 6.92 Å². The summed E-state index contributed by atoms with van der Waals surface area (Å²) in [6, 6.07) is -1.29. The van der Waals surface area contributed by atoms with Crippen molar-refractivity contribution < 1.29 is 24.2 Å². The Labute approximate surface area is 99.7 Å². The number of carbonyl (C=O) groups is 3. The monoisotopic (exact) mass is 246 g/mol. The van der Waals surface area contributed by atoms with Crippen molar-refractivity contribution in [3.63, 3.8) is 0 Å². The zero-order valence-electron chi connectivity index (χ0n) is 10.4. The topological polar surface area (TPSA) is 95.9 Å². The van der Waals surface area contributed by atoms with Gasteiger partial charge in [-0.2, -0.15) is 0 Å². The maximum absolute atomic E-state index is 11.5. The largest absolute Gasteiger partial charge is 0.481 e. The molecule has 0 fully saturated rings. The Morgan fingerprint density at radius 2 is 1.88 bits per heavy atom. The molecule has 0 saturated heterocycles. The first kappa shape index (κ1) is 15.2. The Morgan fingerprint density at radius 3 is 2.29 bits per heavy atom. The summed E-state index contributed by atoms with van der Waals surface area (Å²) >= 11 is 0. The molecule has 0 aliphatic carbocycles. The number of urea groups is 1. The normalized spacial score (nSPS) is 13.4. The summed E-state index contributed by atoms with van der Waals surface area (Å²) < 4.78 is 4.45. The molecule has 0 aromatic rings. The number of hydrogen-bond donors (Lipinski definition) is 2. The van der Waals surface area contributed by atoms with Crippen molar-refractivity contribution in [2.45, 2.75) is 19.9 Å². The minimum absolute atomic E-state index is 0.0645. The van der Waals surface area contributed by atoms with Crippen LogP contribution in [0, 0.1) is 5.92 Å². The zero-order valence-corrected chi connectivity index (χ0v) is 10.4. The van der Waals surface area contributed by atoms with Crippen LogP contribution >= 0.6 is 0 Å². The van der Waals surface area contributed by atoms with Crippen LogP contribution in [0.4, 0.5) is 4.79 Å². The van der Waals surface area contributed by atoms with E-state index in [2.05, 4.69) is 10.1 Å². The lowest BCUT2D eigenvalue weighted by Crippen LogP contribution is -2.47. The third-order valence-corrected chi connectivity index (χ3v) is 2.21. The van der Waals surface area contributed by atoms with Gasteiger partial charge in [0, 0.05) is 13.6 Å². The van der Waals surface area contributed by atoms with Crippen LogP contribution in [-0.4, -0.2) is 54.7 Å². The SMILES string of the molecule is COC(=O)C(C)NC(=O)N(C)CC(C)C(=O)O. The van der Waals surface area contributed by atoms with Gasteiger partial charge < -0.3 is 20.1 Å². The van der Waals surface area contributed by atoms with Crippen molar-refractivity contribution in [3.8, 4) is 0 Å². The van der Waals surface area contributed by atoms with Gasteiger partial charge in [0.2, 0.25) is 0 Å².